The summed E-state index contributed by atoms with van der Waals surface area (Å²) in [7, 11) is -3.95. The lowest BCUT2D eigenvalue weighted by Crippen LogP contribution is -2.34. The molecule has 3 aromatic rings. The van der Waals surface area contributed by atoms with E-state index in [1.165, 1.54) is 24.3 Å². The van der Waals surface area contributed by atoms with Crippen LogP contribution in [0.15, 0.2) is 77.7 Å². The number of sulfone groups is 1. The Labute approximate surface area is 209 Å². The Bertz CT molecular complexity index is 1350. The third-order valence-corrected chi connectivity index (χ3v) is 7.75. The highest BCUT2D eigenvalue weighted by atomic mass is 35.5. The average Bonchev–Trinajstić information content (AvgIpc) is 2.82. The summed E-state index contributed by atoms with van der Waals surface area (Å²) in [5.41, 5.74) is 1.78. The molecule has 3 aromatic carbocycles. The Morgan fingerprint density at radius 2 is 1.66 bits per heavy atom. The highest BCUT2D eigenvalue weighted by Gasteiger charge is 2.33. The first-order valence-electron chi connectivity index (χ1n) is 10.8. The molecule has 3 N–H and O–H groups in total. The van der Waals surface area contributed by atoms with Crippen molar-refractivity contribution in [1.29, 1.82) is 0 Å². The van der Waals surface area contributed by atoms with Gasteiger partial charge in [0.1, 0.15) is 11.0 Å². The van der Waals surface area contributed by atoms with Crippen molar-refractivity contribution < 1.29 is 23.1 Å². The van der Waals surface area contributed by atoms with E-state index in [4.69, 9.17) is 11.6 Å². The SMILES string of the molecule is CCC(C(=O)Nc1cc(O)c(NC(=O)/C=C/c2ccccc2)cc1Cl)S(=O)(=O)c1ccc(C)cc1. The Balaban J connectivity index is 1.75. The molecule has 0 saturated heterocycles. The normalized spacial score (nSPS) is 12.3. The van der Waals surface area contributed by atoms with Crippen LogP contribution in [0.1, 0.15) is 24.5 Å². The molecule has 35 heavy (non-hydrogen) atoms. The van der Waals surface area contributed by atoms with Gasteiger partial charge in [-0.2, -0.15) is 0 Å². The van der Waals surface area contributed by atoms with Crippen LogP contribution < -0.4 is 10.6 Å². The van der Waals surface area contributed by atoms with Crippen molar-refractivity contribution in [2.24, 2.45) is 0 Å². The molecule has 0 saturated carbocycles. The molecule has 1 unspecified atom stereocenters. The number of hydrogen-bond acceptors (Lipinski definition) is 5. The Morgan fingerprint density at radius 1 is 1.00 bits per heavy atom. The summed E-state index contributed by atoms with van der Waals surface area (Å²) in [6.07, 6.45) is 2.95. The van der Waals surface area contributed by atoms with Crippen molar-refractivity contribution in [3.8, 4) is 5.75 Å². The first kappa shape index (κ1) is 26.0. The number of carbonyl (C=O) groups excluding carboxylic acids is 2. The number of rotatable bonds is 8. The lowest BCUT2D eigenvalue weighted by Gasteiger charge is -2.17. The monoisotopic (exact) mass is 512 g/mol. The number of amides is 2. The first-order valence-corrected chi connectivity index (χ1v) is 12.7. The minimum Gasteiger partial charge on any atom is -0.506 e. The molecule has 7 nitrogen and oxygen atoms in total. The number of benzene rings is 3. The molecule has 3 rings (SSSR count). The van der Waals surface area contributed by atoms with E-state index in [0.29, 0.717) is 0 Å². The van der Waals surface area contributed by atoms with Gasteiger partial charge >= 0.3 is 0 Å². The number of aromatic hydroxyl groups is 1. The van der Waals surface area contributed by atoms with Gasteiger partial charge in [0, 0.05) is 12.1 Å². The average molecular weight is 513 g/mol. The molecule has 1 atom stereocenters. The van der Waals surface area contributed by atoms with Crippen molar-refractivity contribution in [3.05, 3.63) is 89.0 Å². The predicted octanol–water partition coefficient (Wildman–Crippen LogP) is 5.20. The van der Waals surface area contributed by atoms with E-state index in [1.807, 2.05) is 37.3 Å². The molecular weight excluding hydrogens is 488 g/mol. The Hall–Kier alpha value is -3.62. The van der Waals surface area contributed by atoms with Crippen LogP contribution in [0.2, 0.25) is 5.02 Å². The van der Waals surface area contributed by atoms with Gasteiger partial charge in [0.25, 0.3) is 0 Å². The molecule has 0 spiro atoms. The fourth-order valence-corrected chi connectivity index (χ4v) is 5.15. The van der Waals surface area contributed by atoms with E-state index in [1.54, 1.807) is 25.1 Å². The number of halogens is 1. The predicted molar refractivity (Wildman–Crippen MR) is 138 cm³/mol. The van der Waals surface area contributed by atoms with Crippen LogP contribution in [0.4, 0.5) is 11.4 Å². The number of anilines is 2. The van der Waals surface area contributed by atoms with E-state index >= 15 is 0 Å². The fraction of sp³-hybridized carbons (Fsp3) is 0.154. The first-order chi connectivity index (χ1) is 16.6. The summed E-state index contributed by atoms with van der Waals surface area (Å²) in [6, 6.07) is 17.9. The molecule has 2 amide bonds. The van der Waals surface area contributed by atoms with Crippen molar-refractivity contribution in [1.82, 2.24) is 0 Å². The van der Waals surface area contributed by atoms with Crippen molar-refractivity contribution >= 4 is 50.7 Å². The molecule has 0 heterocycles. The van der Waals surface area contributed by atoms with E-state index in [0.717, 1.165) is 17.2 Å². The van der Waals surface area contributed by atoms with Gasteiger partial charge in [-0.1, -0.05) is 66.6 Å². The summed E-state index contributed by atoms with van der Waals surface area (Å²) in [6.45, 7) is 3.43. The maximum absolute atomic E-state index is 13.0. The molecule has 0 aliphatic rings. The molecule has 0 radical (unpaired) electrons. The highest BCUT2D eigenvalue weighted by Crippen LogP contribution is 2.34. The second-order valence-corrected chi connectivity index (χ2v) is 10.4. The molecule has 0 aromatic heterocycles. The van der Waals surface area contributed by atoms with Crippen molar-refractivity contribution in [2.45, 2.75) is 30.4 Å². The number of aryl methyl sites for hydroxylation is 1. The van der Waals surface area contributed by atoms with Crippen LogP contribution in [0, 0.1) is 6.92 Å². The summed E-state index contributed by atoms with van der Waals surface area (Å²) < 4.78 is 26.0. The summed E-state index contributed by atoms with van der Waals surface area (Å²) in [4.78, 5) is 25.1. The van der Waals surface area contributed by atoms with Gasteiger partial charge in [0.2, 0.25) is 11.8 Å². The molecule has 0 aliphatic heterocycles. The van der Waals surface area contributed by atoms with Crippen LogP contribution >= 0.6 is 11.6 Å². The van der Waals surface area contributed by atoms with E-state index in [2.05, 4.69) is 10.6 Å². The fourth-order valence-electron chi connectivity index (χ4n) is 3.32. The Kier molecular flexibility index (Phi) is 8.32. The number of phenols is 1. The van der Waals surface area contributed by atoms with Gasteiger partial charge in [-0.3, -0.25) is 9.59 Å². The van der Waals surface area contributed by atoms with Gasteiger partial charge in [0.15, 0.2) is 9.84 Å². The quantitative estimate of drug-likeness (QED) is 0.284. The lowest BCUT2D eigenvalue weighted by molar-refractivity contribution is -0.116. The number of phenolic OH excluding ortho intramolecular Hbond substituents is 1. The largest absolute Gasteiger partial charge is 0.506 e. The van der Waals surface area contributed by atoms with E-state index < -0.39 is 26.9 Å². The zero-order valence-electron chi connectivity index (χ0n) is 19.2. The van der Waals surface area contributed by atoms with Crippen LogP contribution in [-0.2, 0) is 19.4 Å². The van der Waals surface area contributed by atoms with Crippen LogP contribution in [-0.4, -0.2) is 30.6 Å². The number of hydrogen-bond donors (Lipinski definition) is 3. The third kappa shape index (κ3) is 6.49. The van der Waals surface area contributed by atoms with Crippen molar-refractivity contribution in [3.63, 3.8) is 0 Å². The van der Waals surface area contributed by atoms with Crippen LogP contribution in [0.5, 0.6) is 5.75 Å². The second-order valence-electron chi connectivity index (χ2n) is 7.83. The standard InChI is InChI=1S/C26H25ClN2O5S/c1-3-24(35(33,34)19-12-9-17(2)10-13-19)26(32)29-21-16-23(30)22(15-20(21)27)28-25(31)14-11-18-7-5-4-6-8-18/h4-16,24,30H,3H2,1-2H3,(H,28,31)(H,29,32)/b14-11+. The van der Waals surface area contributed by atoms with E-state index in [-0.39, 0.29) is 33.5 Å². The van der Waals surface area contributed by atoms with Gasteiger partial charge in [-0.25, -0.2) is 8.42 Å². The summed E-state index contributed by atoms with van der Waals surface area (Å²) in [5, 5.41) is 14.0. The smallest absolute Gasteiger partial charge is 0.248 e. The van der Waals surface area contributed by atoms with Gasteiger partial charge in [-0.05, 0) is 43.2 Å². The van der Waals surface area contributed by atoms with Crippen LogP contribution in [0.25, 0.3) is 6.08 Å². The summed E-state index contributed by atoms with van der Waals surface area (Å²) >= 11 is 6.25. The number of nitrogens with one attached hydrogen (secondary N) is 2. The summed E-state index contributed by atoms with van der Waals surface area (Å²) in [5.74, 6) is -1.62. The van der Waals surface area contributed by atoms with Crippen LogP contribution in [0.3, 0.4) is 0 Å². The van der Waals surface area contributed by atoms with Gasteiger partial charge < -0.3 is 15.7 Å². The van der Waals surface area contributed by atoms with E-state index in [9.17, 15) is 23.1 Å². The molecular formula is C26H25ClN2O5S. The lowest BCUT2D eigenvalue weighted by atomic mass is 10.2. The maximum Gasteiger partial charge on any atom is 0.248 e. The topological polar surface area (TPSA) is 113 Å². The highest BCUT2D eigenvalue weighted by molar-refractivity contribution is 7.92. The minimum absolute atomic E-state index is 0.0149. The molecule has 182 valence electrons. The molecule has 0 aliphatic carbocycles. The van der Waals surface area contributed by atoms with Crippen molar-refractivity contribution in [2.75, 3.05) is 10.6 Å². The second kappa shape index (κ2) is 11.2. The third-order valence-electron chi connectivity index (χ3n) is 5.22. The van der Waals surface area contributed by atoms with Gasteiger partial charge in [0.05, 0.1) is 21.3 Å². The zero-order valence-corrected chi connectivity index (χ0v) is 20.7. The maximum atomic E-state index is 13.0. The Morgan fingerprint density at radius 3 is 2.29 bits per heavy atom. The molecule has 0 bridgehead atoms. The molecule has 9 heteroatoms. The molecule has 0 fully saturated rings. The zero-order chi connectivity index (χ0) is 25.6. The number of carbonyl (C=O) groups is 2. The van der Waals surface area contributed by atoms with Gasteiger partial charge in [-0.15, -0.1) is 0 Å². The minimum atomic E-state index is -3.95.